The van der Waals surface area contributed by atoms with Crippen molar-refractivity contribution in [1.29, 1.82) is 0 Å². The Morgan fingerprint density at radius 2 is 0.714 bits per heavy atom. The molecule has 0 unspecified atom stereocenters. The number of hydrogen-bond donors (Lipinski definition) is 0. The van der Waals surface area contributed by atoms with Gasteiger partial charge in [-0.05, 0) is 0 Å². The first-order chi connectivity index (χ1) is 6.24. The molecule has 2 heteroatoms. The summed E-state index contributed by atoms with van der Waals surface area (Å²) in [6.45, 7) is 23.6. The minimum Gasteiger partial charge on any atom is -0.107 e. The van der Waals surface area contributed by atoms with Crippen molar-refractivity contribution >= 4 is 16.1 Å². The van der Waals surface area contributed by atoms with Crippen LogP contribution in [0.15, 0.2) is 49.1 Å². The molecule has 0 aliphatic carbocycles. The van der Waals surface area contributed by atoms with Crippen LogP contribution in [0.2, 0.25) is 26.2 Å². The summed E-state index contributed by atoms with van der Waals surface area (Å²) < 4.78 is 0. The quantitative estimate of drug-likeness (QED) is 0.625. The molecule has 0 radical (unpaired) electrons. The standard InChI is InChI=1S/2C6H12Si/c2*1-5-7(3,4)6-2/h2*5-6H,1-2H2,3-4H3. The highest BCUT2D eigenvalue weighted by molar-refractivity contribution is 6.86. The Bertz CT molecular complexity index is 168. The van der Waals surface area contributed by atoms with Gasteiger partial charge in [0, 0.05) is 0 Å². The van der Waals surface area contributed by atoms with Gasteiger partial charge in [0.05, 0.1) is 16.1 Å². The first-order valence-corrected chi connectivity index (χ1v) is 11.1. The van der Waals surface area contributed by atoms with Crippen LogP contribution < -0.4 is 0 Å². The Balaban J connectivity index is 0. The van der Waals surface area contributed by atoms with Gasteiger partial charge in [-0.15, -0.1) is 26.3 Å². The molecule has 0 aromatic carbocycles. The molecule has 0 N–H and O–H groups in total. The minimum atomic E-state index is -1.12. The molecule has 80 valence electrons. The summed E-state index contributed by atoms with van der Waals surface area (Å²) in [5, 5.41) is 0. The van der Waals surface area contributed by atoms with Crippen molar-refractivity contribution in [3.63, 3.8) is 0 Å². The van der Waals surface area contributed by atoms with Gasteiger partial charge in [-0.3, -0.25) is 0 Å². The summed E-state index contributed by atoms with van der Waals surface area (Å²) in [7, 11) is -2.25. The lowest BCUT2D eigenvalue weighted by atomic mass is 11.2. The zero-order chi connectivity index (χ0) is 11.8. The molecule has 0 aromatic heterocycles. The minimum absolute atomic E-state index is 1.12. The zero-order valence-corrected chi connectivity index (χ0v) is 12.1. The molecule has 0 rings (SSSR count). The van der Waals surface area contributed by atoms with Crippen LogP contribution in [0.25, 0.3) is 0 Å². The van der Waals surface area contributed by atoms with Crippen LogP contribution in [0.3, 0.4) is 0 Å². The molecule has 14 heavy (non-hydrogen) atoms. The molecule has 0 heterocycles. The monoisotopic (exact) mass is 224 g/mol. The SMILES string of the molecule is C=C[Si](C)(C)C=C.C=C[Si](C)(C)C=C. The lowest BCUT2D eigenvalue weighted by Gasteiger charge is -2.07. The molecular weight excluding hydrogens is 200 g/mol. The summed E-state index contributed by atoms with van der Waals surface area (Å²) in [6.07, 6.45) is 0. The Hall–Kier alpha value is -0.606. The van der Waals surface area contributed by atoms with Crippen LogP contribution in [-0.4, -0.2) is 16.1 Å². The maximum atomic E-state index is 3.69. The Kier molecular flexibility index (Phi) is 7.69. The molecule has 0 atom stereocenters. The molecular formula is C12H24Si2. The van der Waals surface area contributed by atoms with E-state index < -0.39 is 16.1 Å². The summed E-state index contributed by atoms with van der Waals surface area (Å²) in [4.78, 5) is 0. The number of rotatable bonds is 4. The highest BCUT2D eigenvalue weighted by Crippen LogP contribution is 2.01. The fraction of sp³-hybridized carbons (Fsp3) is 0.333. The van der Waals surface area contributed by atoms with Crippen molar-refractivity contribution in [1.82, 2.24) is 0 Å². The molecule has 0 amide bonds. The summed E-state index contributed by atoms with van der Waals surface area (Å²) in [5.74, 6) is 0. The second kappa shape index (κ2) is 6.79. The summed E-state index contributed by atoms with van der Waals surface area (Å²) in [6, 6.07) is 0. The molecule has 0 bridgehead atoms. The van der Waals surface area contributed by atoms with Crippen LogP contribution in [0.1, 0.15) is 0 Å². The average Bonchev–Trinajstić information content (AvgIpc) is 2.19. The van der Waals surface area contributed by atoms with E-state index in [1.165, 1.54) is 0 Å². The smallest absolute Gasteiger partial charge is 0.0942 e. The summed E-state index contributed by atoms with van der Waals surface area (Å²) in [5.41, 5.74) is 8.06. The third-order valence-electron chi connectivity index (χ3n) is 2.10. The first-order valence-electron chi connectivity index (χ1n) is 4.79. The predicted octanol–water partition coefficient (Wildman–Crippen LogP) is 4.29. The van der Waals surface area contributed by atoms with E-state index in [0.717, 1.165) is 0 Å². The van der Waals surface area contributed by atoms with Crippen LogP contribution >= 0.6 is 0 Å². The van der Waals surface area contributed by atoms with Crippen LogP contribution in [-0.2, 0) is 0 Å². The van der Waals surface area contributed by atoms with Gasteiger partial charge in [-0.2, -0.15) is 0 Å². The van der Waals surface area contributed by atoms with E-state index in [0.29, 0.717) is 0 Å². The van der Waals surface area contributed by atoms with Gasteiger partial charge in [-0.1, -0.05) is 49.0 Å². The second-order valence-corrected chi connectivity index (χ2v) is 13.4. The third kappa shape index (κ3) is 9.48. The molecule has 0 saturated carbocycles. The molecule has 0 nitrogen and oxygen atoms in total. The van der Waals surface area contributed by atoms with Gasteiger partial charge in [-0.25, -0.2) is 0 Å². The van der Waals surface area contributed by atoms with Gasteiger partial charge in [0.15, 0.2) is 0 Å². The van der Waals surface area contributed by atoms with Gasteiger partial charge in [0.2, 0.25) is 0 Å². The predicted molar refractivity (Wildman–Crippen MR) is 75.8 cm³/mol. The summed E-state index contributed by atoms with van der Waals surface area (Å²) >= 11 is 0. The van der Waals surface area contributed by atoms with E-state index in [-0.39, 0.29) is 0 Å². The third-order valence-corrected chi connectivity index (χ3v) is 6.31. The van der Waals surface area contributed by atoms with E-state index in [2.05, 4.69) is 52.5 Å². The molecule has 0 aliphatic heterocycles. The fourth-order valence-electron chi connectivity index (χ4n) is 0.167. The van der Waals surface area contributed by atoms with Crippen LogP contribution in [0, 0.1) is 0 Å². The van der Waals surface area contributed by atoms with E-state index in [4.69, 9.17) is 0 Å². The molecule has 0 aromatic rings. The van der Waals surface area contributed by atoms with Gasteiger partial charge >= 0.3 is 0 Å². The fourth-order valence-corrected chi connectivity index (χ4v) is 0.500. The Morgan fingerprint density at radius 1 is 0.571 bits per heavy atom. The van der Waals surface area contributed by atoms with Crippen LogP contribution in [0.5, 0.6) is 0 Å². The van der Waals surface area contributed by atoms with Gasteiger partial charge in [0.1, 0.15) is 0 Å². The highest BCUT2D eigenvalue weighted by Gasteiger charge is 2.07. The van der Waals surface area contributed by atoms with Crippen molar-refractivity contribution in [2.45, 2.75) is 26.2 Å². The topological polar surface area (TPSA) is 0 Å². The van der Waals surface area contributed by atoms with Crippen molar-refractivity contribution < 1.29 is 0 Å². The lowest BCUT2D eigenvalue weighted by molar-refractivity contribution is 1.86. The average molecular weight is 224 g/mol. The van der Waals surface area contributed by atoms with Gasteiger partial charge < -0.3 is 0 Å². The first kappa shape index (κ1) is 15.8. The van der Waals surface area contributed by atoms with Crippen LogP contribution in [0.4, 0.5) is 0 Å². The lowest BCUT2D eigenvalue weighted by Crippen LogP contribution is -2.17. The van der Waals surface area contributed by atoms with Crippen molar-refractivity contribution in [3.8, 4) is 0 Å². The zero-order valence-electron chi connectivity index (χ0n) is 10.1. The van der Waals surface area contributed by atoms with Crippen molar-refractivity contribution in [3.05, 3.63) is 49.1 Å². The Morgan fingerprint density at radius 3 is 0.714 bits per heavy atom. The Labute approximate surface area is 91.8 Å². The molecule has 0 spiro atoms. The van der Waals surface area contributed by atoms with E-state index >= 15 is 0 Å². The van der Waals surface area contributed by atoms with Crippen molar-refractivity contribution in [2.75, 3.05) is 0 Å². The molecule has 0 saturated heterocycles. The number of hydrogen-bond acceptors (Lipinski definition) is 0. The largest absolute Gasteiger partial charge is 0.107 e. The van der Waals surface area contributed by atoms with Crippen molar-refractivity contribution in [2.24, 2.45) is 0 Å². The van der Waals surface area contributed by atoms with Gasteiger partial charge in [0.25, 0.3) is 0 Å². The normalized spacial score (nSPS) is 10.6. The van der Waals surface area contributed by atoms with E-state index in [9.17, 15) is 0 Å². The van der Waals surface area contributed by atoms with E-state index in [1.807, 2.05) is 22.8 Å². The molecule has 0 aliphatic rings. The second-order valence-electron chi connectivity index (χ2n) is 4.46. The van der Waals surface area contributed by atoms with E-state index in [1.54, 1.807) is 0 Å². The molecule has 0 fully saturated rings. The highest BCUT2D eigenvalue weighted by atomic mass is 28.3. The maximum Gasteiger partial charge on any atom is 0.0942 e. The maximum absolute atomic E-state index is 3.69.